The van der Waals surface area contributed by atoms with E-state index >= 15 is 0 Å². The topological polar surface area (TPSA) is 60.8 Å². The van der Waals surface area contributed by atoms with Crippen LogP contribution in [0.4, 0.5) is 4.39 Å². The van der Waals surface area contributed by atoms with Gasteiger partial charge in [0.2, 0.25) is 6.36 Å². The van der Waals surface area contributed by atoms with Gasteiger partial charge in [0.1, 0.15) is 11.4 Å². The number of halogens is 1. The normalized spacial score (nSPS) is 14.1. The van der Waals surface area contributed by atoms with Gasteiger partial charge < -0.3 is 19.3 Å². The molecule has 5 nitrogen and oxygen atoms in total. The Morgan fingerprint density at radius 1 is 0.750 bits per heavy atom. The molecule has 0 saturated heterocycles. The Labute approximate surface area is 252 Å². The molecule has 0 bridgehead atoms. The van der Waals surface area contributed by atoms with Crippen molar-refractivity contribution >= 4 is 0 Å². The van der Waals surface area contributed by atoms with Crippen molar-refractivity contribution in [3.05, 3.63) is 60.3 Å². The summed E-state index contributed by atoms with van der Waals surface area (Å²) in [6, 6.07) is 16.4. The third-order valence-electron chi connectivity index (χ3n) is 7.22. The van der Waals surface area contributed by atoms with Crippen LogP contribution in [0.25, 0.3) is 22.4 Å². The summed E-state index contributed by atoms with van der Waals surface area (Å²) in [6.45, 7) is 14.2. The van der Waals surface area contributed by atoms with E-state index in [1.807, 2.05) is 44.2 Å². The molecule has 214 valence electrons. The molecule has 0 saturated carbocycles. The molecule has 1 N–H and O–H groups in total. The van der Waals surface area contributed by atoms with Gasteiger partial charge in [-0.3, -0.25) is 0 Å². The van der Waals surface area contributed by atoms with Crippen LogP contribution in [-0.4, -0.2) is 29.9 Å². The first-order valence-corrected chi connectivity index (χ1v) is 14.2. The number of phenolic OH excluding ortho intramolecular Hbond substituents is 1. The van der Waals surface area contributed by atoms with Crippen LogP contribution < -0.4 is 9.47 Å². The first-order chi connectivity index (χ1) is 18.7. The summed E-state index contributed by atoms with van der Waals surface area (Å²) < 4.78 is 32.5. The van der Waals surface area contributed by atoms with Crippen molar-refractivity contribution in [2.75, 3.05) is 19.8 Å². The van der Waals surface area contributed by atoms with E-state index in [4.69, 9.17) is 14.2 Å². The van der Waals surface area contributed by atoms with Gasteiger partial charge in [-0.2, -0.15) is 0 Å². The van der Waals surface area contributed by atoms with E-state index in [0.717, 1.165) is 36.1 Å². The van der Waals surface area contributed by atoms with Gasteiger partial charge in [-0.25, -0.2) is 9.37 Å². The van der Waals surface area contributed by atoms with Gasteiger partial charge in [0, 0.05) is 25.0 Å². The number of phenols is 1. The predicted molar refractivity (Wildman–Crippen MR) is 156 cm³/mol. The van der Waals surface area contributed by atoms with Crippen LogP contribution in [0.5, 0.6) is 17.2 Å². The van der Waals surface area contributed by atoms with Crippen molar-refractivity contribution in [3.8, 4) is 39.6 Å². The summed E-state index contributed by atoms with van der Waals surface area (Å²) >= 11 is 0. The number of hydrogen-bond donors (Lipinski definition) is 1. The summed E-state index contributed by atoms with van der Waals surface area (Å²) in [5, 5.41) is 10.7. The Bertz CT molecular complexity index is 1190. The molecule has 0 spiro atoms. The predicted octanol–water partition coefficient (Wildman–Crippen LogP) is 9.00. The second-order valence-corrected chi connectivity index (χ2v) is 10.7. The van der Waals surface area contributed by atoms with Crippen molar-refractivity contribution in [1.29, 1.82) is 0 Å². The molecule has 1 aromatic heterocycles. The Kier molecular flexibility index (Phi) is 14.1. The van der Waals surface area contributed by atoms with Gasteiger partial charge >= 0.3 is 0 Å². The van der Waals surface area contributed by atoms with Crippen molar-refractivity contribution in [2.45, 2.75) is 67.2 Å². The maximum absolute atomic E-state index is 14.8. The van der Waals surface area contributed by atoms with Crippen LogP contribution in [-0.2, 0) is 24.2 Å². The van der Waals surface area contributed by atoms with E-state index in [1.54, 1.807) is 24.3 Å². The van der Waals surface area contributed by atoms with E-state index < -0.39 is 6.36 Å². The molecule has 7 heteroatoms. The maximum atomic E-state index is 14.8. The number of benzene rings is 2. The molecule has 0 aliphatic carbocycles. The van der Waals surface area contributed by atoms with Gasteiger partial charge in [-0.15, -0.1) is 0 Å². The minimum atomic E-state index is -1.63. The summed E-state index contributed by atoms with van der Waals surface area (Å²) in [4.78, 5) is 4.48. The fraction of sp³-hybridized carbons (Fsp3) is 0.485. The van der Waals surface area contributed by atoms with Crippen molar-refractivity contribution in [2.24, 2.45) is 17.8 Å². The van der Waals surface area contributed by atoms with Crippen molar-refractivity contribution < 1.29 is 43.2 Å². The van der Waals surface area contributed by atoms with Crippen LogP contribution in [0.1, 0.15) is 72.9 Å². The minimum absolute atomic E-state index is 0. The number of aromatic nitrogens is 1. The van der Waals surface area contributed by atoms with Gasteiger partial charge in [0.25, 0.3) is 0 Å². The molecular weight excluding hydrogens is 559 g/mol. The first kappa shape index (κ1) is 33.7. The second kappa shape index (κ2) is 16.7. The third kappa shape index (κ3) is 9.56. The van der Waals surface area contributed by atoms with Gasteiger partial charge in [-0.05, 0) is 65.3 Å². The summed E-state index contributed by atoms with van der Waals surface area (Å²) in [5.41, 5.74) is 2.97. The third-order valence-corrected chi connectivity index (χ3v) is 7.22. The molecule has 0 aliphatic rings. The smallest absolute Gasteiger partial charge is 0.242 e. The van der Waals surface area contributed by atoms with Crippen molar-refractivity contribution in [3.63, 3.8) is 0 Å². The second-order valence-electron chi connectivity index (χ2n) is 10.7. The average molecular weight is 603 g/mol. The molecular formula is C33H44FNO4Zn. The molecule has 3 aromatic rings. The SMILES string of the molecule is CCC(C)COc1ccc(-c2ccc(O)c(-c3cccc(C(F)OCC(C)CC)n3)c2)cc1OCC(C)CC.[Zn]. The van der Waals surface area contributed by atoms with Gasteiger partial charge in [0.05, 0.1) is 25.5 Å². The Morgan fingerprint density at radius 3 is 1.98 bits per heavy atom. The largest absolute Gasteiger partial charge is 0.507 e. The van der Waals surface area contributed by atoms with E-state index in [2.05, 4.69) is 32.7 Å². The van der Waals surface area contributed by atoms with Gasteiger partial charge in [0.15, 0.2) is 11.5 Å². The molecule has 4 atom stereocenters. The molecule has 2 aromatic carbocycles. The number of aromatic hydroxyl groups is 1. The van der Waals surface area contributed by atoms with E-state index in [1.165, 1.54) is 0 Å². The fourth-order valence-corrected chi connectivity index (χ4v) is 3.72. The number of pyridine rings is 1. The Hall–Kier alpha value is -2.50. The molecule has 1 heterocycles. The Morgan fingerprint density at radius 2 is 1.32 bits per heavy atom. The quantitative estimate of drug-likeness (QED) is 0.176. The molecule has 4 unspecified atom stereocenters. The number of nitrogens with zero attached hydrogens (tertiary/aromatic N) is 1. The summed E-state index contributed by atoms with van der Waals surface area (Å²) in [7, 11) is 0. The van der Waals surface area contributed by atoms with Crippen LogP contribution in [0.15, 0.2) is 54.6 Å². The average Bonchev–Trinajstić information content (AvgIpc) is 2.97. The molecule has 0 aliphatic heterocycles. The molecule has 0 radical (unpaired) electrons. The standard InChI is InChI=1S/C33H44FNO4.Zn/c1-7-22(4)19-37-31-16-14-26(18-32(31)38-20-23(5)8-2)25-13-15-30(36)27(17-25)28-11-10-12-29(35-28)33(34)39-21-24(6)9-3;/h10-18,22-24,33,36H,7-9,19-21H2,1-6H3;. The van der Waals surface area contributed by atoms with Crippen LogP contribution >= 0.6 is 0 Å². The zero-order chi connectivity index (χ0) is 28.4. The summed E-state index contributed by atoms with van der Waals surface area (Å²) in [5.74, 6) is 2.62. The Balaban J connectivity index is 0.00000560. The summed E-state index contributed by atoms with van der Waals surface area (Å²) in [6.07, 6.45) is 1.35. The number of rotatable bonds is 15. The van der Waals surface area contributed by atoms with Crippen LogP contribution in [0.3, 0.4) is 0 Å². The van der Waals surface area contributed by atoms with Gasteiger partial charge in [-0.1, -0.05) is 79.0 Å². The van der Waals surface area contributed by atoms with Crippen LogP contribution in [0, 0.1) is 17.8 Å². The molecule has 3 rings (SSSR count). The van der Waals surface area contributed by atoms with E-state index in [-0.39, 0.29) is 36.8 Å². The van der Waals surface area contributed by atoms with Crippen molar-refractivity contribution in [1.82, 2.24) is 4.98 Å². The zero-order valence-corrected chi connectivity index (χ0v) is 27.9. The number of alkyl halides is 1. The number of ether oxygens (including phenoxy) is 3. The monoisotopic (exact) mass is 601 g/mol. The molecule has 0 amide bonds. The van der Waals surface area contributed by atoms with E-state index in [9.17, 15) is 9.50 Å². The number of hydrogen-bond acceptors (Lipinski definition) is 5. The minimum Gasteiger partial charge on any atom is -0.507 e. The first-order valence-electron chi connectivity index (χ1n) is 14.2. The van der Waals surface area contributed by atoms with E-state index in [0.29, 0.717) is 48.7 Å². The molecule has 40 heavy (non-hydrogen) atoms. The van der Waals surface area contributed by atoms with Crippen LogP contribution in [0.2, 0.25) is 0 Å². The fourth-order valence-electron chi connectivity index (χ4n) is 3.72. The molecule has 0 fully saturated rings. The zero-order valence-electron chi connectivity index (χ0n) is 25.0. The maximum Gasteiger partial charge on any atom is 0.242 e.